The maximum Gasteiger partial charge on any atom is 0.273 e. The Bertz CT molecular complexity index is 659. The van der Waals surface area contributed by atoms with Crippen molar-refractivity contribution in [3.8, 4) is 5.69 Å². The number of nitrogens with zero attached hydrogens (tertiary/aromatic N) is 3. The number of aromatic nitrogens is 3. The Labute approximate surface area is 138 Å². The smallest absolute Gasteiger partial charge is 0.273 e. The van der Waals surface area contributed by atoms with E-state index in [-0.39, 0.29) is 11.9 Å². The number of hydrogen-bond acceptors (Lipinski definition) is 3. The standard InChI is InChI=1S/C16H19BrN4O/c1-11-15(16(22)18-13-5-3-2-4-6-13)20-21(19-11)14-9-7-12(17)8-10-14/h7-10,13H,2-6H2,1H3,(H,18,22). The third-order valence-corrected chi connectivity index (χ3v) is 4.52. The number of halogens is 1. The second kappa shape index (κ2) is 6.60. The van der Waals surface area contributed by atoms with E-state index in [1.807, 2.05) is 31.2 Å². The van der Waals surface area contributed by atoms with E-state index in [1.54, 1.807) is 0 Å². The number of carbonyl (C=O) groups excluding carboxylic acids is 1. The van der Waals surface area contributed by atoms with Gasteiger partial charge in [-0.25, -0.2) is 0 Å². The van der Waals surface area contributed by atoms with Crippen molar-refractivity contribution in [2.75, 3.05) is 0 Å². The Hall–Kier alpha value is -1.69. The topological polar surface area (TPSA) is 59.8 Å². The fraction of sp³-hybridized carbons (Fsp3) is 0.438. The van der Waals surface area contributed by atoms with Gasteiger partial charge in [0.1, 0.15) is 0 Å². The molecule has 0 bridgehead atoms. The van der Waals surface area contributed by atoms with E-state index in [2.05, 4.69) is 31.4 Å². The Kier molecular flexibility index (Phi) is 4.57. The zero-order chi connectivity index (χ0) is 15.5. The summed E-state index contributed by atoms with van der Waals surface area (Å²) in [5.41, 5.74) is 1.90. The molecule has 6 heteroatoms. The largest absolute Gasteiger partial charge is 0.348 e. The molecule has 1 aliphatic carbocycles. The lowest BCUT2D eigenvalue weighted by Crippen LogP contribution is -2.36. The van der Waals surface area contributed by atoms with E-state index in [0.29, 0.717) is 11.4 Å². The highest BCUT2D eigenvalue weighted by atomic mass is 79.9. The number of nitrogens with one attached hydrogen (secondary N) is 1. The lowest BCUT2D eigenvalue weighted by molar-refractivity contribution is 0.0921. The molecule has 1 aromatic carbocycles. The monoisotopic (exact) mass is 362 g/mol. The molecule has 0 radical (unpaired) electrons. The van der Waals surface area contributed by atoms with Crippen LogP contribution in [0.15, 0.2) is 28.7 Å². The summed E-state index contributed by atoms with van der Waals surface area (Å²) < 4.78 is 0.996. The summed E-state index contributed by atoms with van der Waals surface area (Å²) in [5, 5.41) is 11.8. The van der Waals surface area contributed by atoms with Crippen LogP contribution >= 0.6 is 15.9 Å². The molecule has 0 atom stereocenters. The molecule has 1 saturated carbocycles. The molecule has 0 aliphatic heterocycles. The molecule has 1 amide bonds. The van der Waals surface area contributed by atoms with Crippen LogP contribution in [0.4, 0.5) is 0 Å². The van der Waals surface area contributed by atoms with Crippen LogP contribution in [-0.4, -0.2) is 26.9 Å². The van der Waals surface area contributed by atoms with Gasteiger partial charge in [-0.2, -0.15) is 9.90 Å². The van der Waals surface area contributed by atoms with Gasteiger partial charge in [0.2, 0.25) is 0 Å². The molecule has 0 spiro atoms. The Morgan fingerprint density at radius 1 is 1.18 bits per heavy atom. The van der Waals surface area contributed by atoms with Gasteiger partial charge in [-0.15, -0.1) is 5.10 Å². The predicted octanol–water partition coefficient (Wildman–Crippen LogP) is 3.40. The number of aryl methyl sites for hydroxylation is 1. The molecule has 1 aliphatic rings. The first kappa shape index (κ1) is 15.2. The van der Waals surface area contributed by atoms with Crippen molar-refractivity contribution < 1.29 is 4.79 Å². The van der Waals surface area contributed by atoms with Crippen LogP contribution in [0.2, 0.25) is 0 Å². The lowest BCUT2D eigenvalue weighted by Gasteiger charge is -2.22. The molecular weight excluding hydrogens is 344 g/mol. The van der Waals surface area contributed by atoms with Gasteiger partial charge < -0.3 is 5.32 Å². The van der Waals surface area contributed by atoms with Crippen LogP contribution in [0.5, 0.6) is 0 Å². The fourth-order valence-electron chi connectivity index (χ4n) is 2.78. The molecule has 3 rings (SSSR count). The van der Waals surface area contributed by atoms with Gasteiger partial charge in [0.15, 0.2) is 5.69 Å². The van der Waals surface area contributed by atoms with E-state index in [9.17, 15) is 4.79 Å². The van der Waals surface area contributed by atoms with Gasteiger partial charge in [0.05, 0.1) is 11.4 Å². The molecule has 1 N–H and O–H groups in total. The molecule has 2 aromatic rings. The van der Waals surface area contributed by atoms with Gasteiger partial charge in [-0.3, -0.25) is 4.79 Å². The van der Waals surface area contributed by atoms with Crippen molar-refractivity contribution in [2.24, 2.45) is 0 Å². The fourth-order valence-corrected chi connectivity index (χ4v) is 3.04. The highest BCUT2D eigenvalue weighted by molar-refractivity contribution is 9.10. The van der Waals surface area contributed by atoms with E-state index in [0.717, 1.165) is 23.0 Å². The first-order valence-corrected chi connectivity index (χ1v) is 8.43. The maximum absolute atomic E-state index is 12.4. The van der Waals surface area contributed by atoms with Gasteiger partial charge in [-0.1, -0.05) is 35.2 Å². The van der Waals surface area contributed by atoms with Crippen molar-refractivity contribution in [3.05, 3.63) is 40.1 Å². The van der Waals surface area contributed by atoms with Gasteiger partial charge in [0.25, 0.3) is 5.91 Å². The Morgan fingerprint density at radius 3 is 2.55 bits per heavy atom. The van der Waals surface area contributed by atoms with Crippen molar-refractivity contribution >= 4 is 21.8 Å². The SMILES string of the molecule is Cc1nn(-c2ccc(Br)cc2)nc1C(=O)NC1CCCCC1. The predicted molar refractivity (Wildman–Crippen MR) is 88.1 cm³/mol. The summed E-state index contributed by atoms with van der Waals surface area (Å²) in [6, 6.07) is 7.95. The van der Waals surface area contributed by atoms with Crippen LogP contribution in [0, 0.1) is 6.92 Å². The minimum atomic E-state index is -0.118. The first-order chi connectivity index (χ1) is 10.6. The highest BCUT2D eigenvalue weighted by Gasteiger charge is 2.21. The molecule has 0 saturated heterocycles. The second-order valence-corrected chi connectivity index (χ2v) is 6.62. The molecular formula is C16H19BrN4O. The molecule has 1 heterocycles. The maximum atomic E-state index is 12.4. The van der Waals surface area contributed by atoms with Crippen molar-refractivity contribution in [1.82, 2.24) is 20.3 Å². The molecule has 1 fully saturated rings. The molecule has 22 heavy (non-hydrogen) atoms. The normalized spacial score (nSPS) is 15.7. The van der Waals surface area contributed by atoms with E-state index in [4.69, 9.17) is 0 Å². The summed E-state index contributed by atoms with van der Waals surface area (Å²) in [6.45, 7) is 1.82. The van der Waals surface area contributed by atoms with Crippen LogP contribution in [0.25, 0.3) is 5.69 Å². The van der Waals surface area contributed by atoms with Crippen LogP contribution in [-0.2, 0) is 0 Å². The third-order valence-electron chi connectivity index (χ3n) is 4.00. The van der Waals surface area contributed by atoms with Crippen molar-refractivity contribution in [3.63, 3.8) is 0 Å². The quantitative estimate of drug-likeness (QED) is 0.909. The summed E-state index contributed by atoms with van der Waals surface area (Å²) in [4.78, 5) is 13.9. The van der Waals surface area contributed by atoms with Crippen LogP contribution in [0.1, 0.15) is 48.3 Å². The van der Waals surface area contributed by atoms with Gasteiger partial charge in [0, 0.05) is 10.5 Å². The second-order valence-electron chi connectivity index (χ2n) is 5.71. The summed E-state index contributed by atoms with van der Waals surface area (Å²) >= 11 is 3.40. The molecule has 5 nitrogen and oxygen atoms in total. The zero-order valence-corrected chi connectivity index (χ0v) is 14.1. The summed E-state index contributed by atoms with van der Waals surface area (Å²) in [5.74, 6) is -0.118. The number of amides is 1. The lowest BCUT2D eigenvalue weighted by atomic mass is 9.95. The number of hydrogen-bond donors (Lipinski definition) is 1. The molecule has 0 unspecified atom stereocenters. The Balaban J connectivity index is 1.76. The zero-order valence-electron chi connectivity index (χ0n) is 12.6. The molecule has 116 valence electrons. The average molecular weight is 363 g/mol. The minimum Gasteiger partial charge on any atom is -0.348 e. The number of benzene rings is 1. The van der Waals surface area contributed by atoms with Crippen LogP contribution in [0.3, 0.4) is 0 Å². The minimum absolute atomic E-state index is 0.118. The van der Waals surface area contributed by atoms with Gasteiger partial charge in [-0.05, 0) is 44.0 Å². The third kappa shape index (κ3) is 3.38. The van der Waals surface area contributed by atoms with E-state index >= 15 is 0 Å². The molecule has 1 aromatic heterocycles. The van der Waals surface area contributed by atoms with E-state index in [1.165, 1.54) is 24.1 Å². The van der Waals surface area contributed by atoms with Gasteiger partial charge >= 0.3 is 0 Å². The number of rotatable bonds is 3. The van der Waals surface area contributed by atoms with Crippen molar-refractivity contribution in [1.29, 1.82) is 0 Å². The van der Waals surface area contributed by atoms with Crippen LogP contribution < -0.4 is 5.32 Å². The Morgan fingerprint density at radius 2 is 1.86 bits per heavy atom. The summed E-state index contributed by atoms with van der Waals surface area (Å²) in [6.07, 6.45) is 5.77. The first-order valence-electron chi connectivity index (χ1n) is 7.64. The van der Waals surface area contributed by atoms with Crippen molar-refractivity contribution in [2.45, 2.75) is 45.1 Å². The highest BCUT2D eigenvalue weighted by Crippen LogP contribution is 2.18. The van der Waals surface area contributed by atoms with E-state index < -0.39 is 0 Å². The number of carbonyl (C=O) groups is 1. The average Bonchev–Trinajstić information content (AvgIpc) is 2.91. The summed E-state index contributed by atoms with van der Waals surface area (Å²) in [7, 11) is 0.